The Kier molecular flexibility index (Phi) is 52.9. The summed E-state index contributed by atoms with van der Waals surface area (Å²) in [5.41, 5.74) is 15.5. The molecule has 0 saturated carbocycles. The number of oxazole rings is 2. The number of rotatable bonds is 1. The molecule has 0 fully saturated rings. The molecule has 25 heteroatoms. The van der Waals surface area contributed by atoms with Gasteiger partial charge in [-0.25, -0.2) is 44.6 Å². The molecule has 143 heavy (non-hydrogen) atoms. The highest BCUT2D eigenvalue weighted by atomic mass is 16.3. The van der Waals surface area contributed by atoms with Crippen LogP contribution in [0.3, 0.4) is 0 Å². The lowest BCUT2D eigenvalue weighted by Gasteiger charge is -2.19. The third-order valence-electron chi connectivity index (χ3n) is 21.3. The molecule has 0 amide bonds. The van der Waals surface area contributed by atoms with E-state index in [0.717, 1.165) is 61.5 Å². The fourth-order valence-electron chi connectivity index (χ4n) is 11.3. The third-order valence-corrected chi connectivity index (χ3v) is 21.3. The average Bonchev–Trinajstić information content (AvgIpc) is 1.82. The predicted molar refractivity (Wildman–Crippen MR) is 605 cm³/mol. The molecule has 0 atom stereocenters. The molecule has 0 unspecified atom stereocenters. The lowest BCUT2D eigenvalue weighted by molar-refractivity contribution is 0.347. The number of hydrogen-bond donors (Lipinski definition) is 4. The average molecular weight is 1970 g/mol. The Morgan fingerprint density at radius 1 is 0.406 bits per heavy atom. The Morgan fingerprint density at radius 3 is 1.12 bits per heavy atom. The minimum Gasteiger partial charge on any atom is -0.472 e. The van der Waals surface area contributed by atoms with Crippen molar-refractivity contribution in [2.24, 2.45) is 57.5 Å². The molecule has 0 aromatic carbocycles. The SMILES string of the molecule is CC(C)(C)C1=CC=CC1.CC(C)(C)C1=CC=NC1.CC(C)(C)C1=NC=NC1.CC(C)(C)C1=NC=NC1.CC(C)(C)c1cc[nH]c1.CC(C)(C)c1ccco1.CC(C)(C)c1ccco1.CC(C)(C)c1ccoc1.CC(C)(C)c1cnc[nH]1.CC(C)(C)c1cnc[nH]1.CC(C)(C)c1cocn1.CC(C)(C)c1ncc[nH]1.CC(C)(C)c1ncco1.CC(C)(C)n1ccnc1.CC(C)(C)n1ccnn1.CC(C)C1=NCC=C1. The molecule has 11 aromatic rings. The first-order chi connectivity index (χ1) is 65.4. The van der Waals surface area contributed by atoms with Gasteiger partial charge in [0.15, 0.2) is 12.3 Å². The first kappa shape index (κ1) is 130. The Balaban J connectivity index is 0.000000763. The van der Waals surface area contributed by atoms with E-state index < -0.39 is 0 Å². The lowest BCUT2D eigenvalue weighted by atomic mass is 9.86. The summed E-state index contributed by atoms with van der Waals surface area (Å²) in [6.07, 6.45) is 56.4. The quantitative estimate of drug-likeness (QED) is 0.119. The van der Waals surface area contributed by atoms with E-state index in [1.807, 2.05) is 90.9 Å². The monoisotopic (exact) mass is 1970 g/mol. The van der Waals surface area contributed by atoms with E-state index in [4.69, 9.17) is 22.1 Å². The lowest BCUT2D eigenvalue weighted by Crippen LogP contribution is -2.22. The molecule has 15 heterocycles. The Bertz CT molecular complexity index is 4360. The molecule has 0 bridgehead atoms. The first-order valence-corrected chi connectivity index (χ1v) is 50.1. The number of H-pyrrole nitrogens is 4. The van der Waals surface area contributed by atoms with Crippen molar-refractivity contribution >= 4 is 36.0 Å². The topological polar surface area (TPSA) is 316 Å². The van der Waals surface area contributed by atoms with Crippen LogP contribution < -0.4 is 0 Å². The maximum atomic E-state index is 5.20. The van der Waals surface area contributed by atoms with Crippen LogP contribution in [-0.4, -0.2) is 132 Å². The van der Waals surface area contributed by atoms with Gasteiger partial charge in [0.2, 0.25) is 0 Å². The predicted octanol–water partition coefficient (Wildman–Crippen LogP) is 31.4. The van der Waals surface area contributed by atoms with Crippen LogP contribution in [0.2, 0.25) is 0 Å². The summed E-state index contributed by atoms with van der Waals surface area (Å²) in [4.78, 5) is 60.8. The van der Waals surface area contributed by atoms with Gasteiger partial charge >= 0.3 is 0 Å². The van der Waals surface area contributed by atoms with Gasteiger partial charge in [0.05, 0.1) is 93.8 Å². The molecule has 4 aliphatic heterocycles. The van der Waals surface area contributed by atoms with Crippen molar-refractivity contribution < 1.29 is 22.1 Å². The van der Waals surface area contributed by atoms with Gasteiger partial charge in [-0.1, -0.05) is 319 Å². The minimum atomic E-state index is 0.0451. The van der Waals surface area contributed by atoms with E-state index >= 15 is 0 Å². The number of nitrogens with one attached hydrogen (secondary N) is 4. The molecule has 0 saturated heterocycles. The van der Waals surface area contributed by atoms with Crippen molar-refractivity contribution in [1.29, 1.82) is 0 Å². The Labute approximate surface area is 864 Å². The summed E-state index contributed by atoms with van der Waals surface area (Å²) >= 11 is 0. The summed E-state index contributed by atoms with van der Waals surface area (Å²) in [6.45, 7) is 104. The van der Waals surface area contributed by atoms with Gasteiger partial charge in [-0.3, -0.25) is 20.0 Å². The van der Waals surface area contributed by atoms with Crippen molar-refractivity contribution in [3.05, 3.63) is 267 Å². The zero-order valence-electron chi connectivity index (χ0n) is 97.6. The van der Waals surface area contributed by atoms with Crippen LogP contribution in [-0.2, 0) is 59.8 Å². The maximum absolute atomic E-state index is 5.20. The maximum Gasteiger partial charge on any atom is 0.199 e. The molecule has 0 radical (unpaired) electrons. The molecule has 5 aliphatic rings. The number of furan rings is 3. The number of hydrogen-bond acceptors (Lipinski definition) is 19. The highest BCUT2D eigenvalue weighted by Crippen LogP contribution is 2.33. The van der Waals surface area contributed by atoms with Gasteiger partial charge < -0.3 is 46.6 Å². The van der Waals surface area contributed by atoms with Crippen molar-refractivity contribution in [2.45, 2.75) is 392 Å². The second-order valence-electron chi connectivity index (χ2n) is 50.9. The number of aromatic nitrogens is 14. The van der Waals surface area contributed by atoms with Gasteiger partial charge in [0.25, 0.3) is 0 Å². The summed E-state index contributed by atoms with van der Waals surface area (Å²) in [5.74, 6) is 4.53. The largest absolute Gasteiger partial charge is 0.472 e. The van der Waals surface area contributed by atoms with Crippen LogP contribution in [0.1, 0.15) is 383 Å². The number of aliphatic imine (C=N–C) groups is 6. The highest BCUT2D eigenvalue weighted by Gasteiger charge is 2.26. The highest BCUT2D eigenvalue weighted by molar-refractivity contribution is 6.00. The number of aromatic amines is 4. The van der Waals surface area contributed by atoms with E-state index in [9.17, 15) is 0 Å². The second-order valence-corrected chi connectivity index (χ2v) is 50.9. The molecule has 25 nitrogen and oxygen atoms in total. The summed E-state index contributed by atoms with van der Waals surface area (Å²) in [5, 5.41) is 7.56. The first-order valence-electron chi connectivity index (χ1n) is 50.1. The van der Waals surface area contributed by atoms with Gasteiger partial charge in [-0.2, -0.15) is 0 Å². The molecule has 794 valence electrons. The van der Waals surface area contributed by atoms with Crippen molar-refractivity contribution in [1.82, 2.24) is 69.4 Å². The Morgan fingerprint density at radius 2 is 0.937 bits per heavy atom. The van der Waals surface area contributed by atoms with Crippen LogP contribution in [0.5, 0.6) is 0 Å². The van der Waals surface area contributed by atoms with Crippen molar-refractivity contribution in [3.8, 4) is 0 Å². The van der Waals surface area contributed by atoms with Gasteiger partial charge in [-0.05, 0) is 141 Å². The molecule has 1 aliphatic carbocycles. The van der Waals surface area contributed by atoms with E-state index in [0.29, 0.717) is 22.2 Å². The van der Waals surface area contributed by atoms with Gasteiger partial charge in [0, 0.05) is 145 Å². The molecule has 11 aromatic heterocycles. The molecule has 0 spiro atoms. The van der Waals surface area contributed by atoms with E-state index in [1.54, 1.807) is 93.3 Å². The number of imidazole rings is 4. The van der Waals surface area contributed by atoms with Crippen molar-refractivity contribution in [2.75, 3.05) is 26.2 Å². The van der Waals surface area contributed by atoms with E-state index in [-0.39, 0.29) is 65.2 Å². The smallest absolute Gasteiger partial charge is 0.199 e. The molecule has 16 rings (SSSR count). The third kappa shape index (κ3) is 57.0. The molecular formula is C118H192N20O5. The zero-order valence-corrected chi connectivity index (χ0v) is 97.6. The van der Waals surface area contributed by atoms with E-state index in [2.05, 4.69) is 463 Å². The van der Waals surface area contributed by atoms with Crippen LogP contribution >= 0.6 is 0 Å². The number of nitrogens with zero attached hydrogens (tertiary/aromatic N) is 16. The standard InChI is InChI=1S/C9H14.2C8H13N.3C8H12O.6C7H12N2.2C7H11NO.C7H11N.C6H11N3/c1-9(2,3)8-6-4-5-7-8;3*1-8(2,3)7-4-5-9-6-7;2*1-8(2,3)7-5-4-6-9-7;4*1-7(2,3)6-4-8-5-9-6;1-7(2,3)9-5-4-8-6-9;1-7(2,3)6-8-4-5-9-6;1-7(2,3)6-4-9-5-8-6;1-7(2,3)6-8-4-5-9-6;1-6(2)7-4-3-5-8-7;1-6(2,3)9-5-4-7-8-9/h4-6H,7H2,1-3H3;4-5H,6H2,1-3H3;4-6,9H,1-3H3;3*4-6H,1-3H3;2*5H,4H2,1-3H3;2*4-5H,1-3H3,(H,8,9);4-6H,1-3H3;4-5H,1-3H3,(H,8,9);2*4-5H,1-3H3;3-4,6H,5H2,1-2H3;4-5H,1-3H3. The van der Waals surface area contributed by atoms with Crippen LogP contribution in [0, 0.1) is 27.6 Å². The van der Waals surface area contributed by atoms with Crippen molar-refractivity contribution in [3.63, 3.8) is 0 Å². The Hall–Kier alpha value is -11.5. The fraction of sp³-hybridized carbons (Fsp3) is 0.576. The summed E-state index contributed by atoms with van der Waals surface area (Å²) in [7, 11) is 0. The van der Waals surface area contributed by atoms with Crippen LogP contribution in [0.15, 0.2) is 267 Å². The second kappa shape index (κ2) is 58.5. The minimum absolute atomic E-state index is 0.0451. The van der Waals surface area contributed by atoms with Crippen LogP contribution in [0.4, 0.5) is 0 Å². The summed E-state index contributed by atoms with van der Waals surface area (Å²) < 4.78 is 29.2. The van der Waals surface area contributed by atoms with Gasteiger partial charge in [-0.15, -0.1) is 5.10 Å². The number of allylic oxidation sites excluding steroid dienone is 6. The van der Waals surface area contributed by atoms with Crippen LogP contribution in [0.25, 0.3) is 0 Å². The van der Waals surface area contributed by atoms with E-state index in [1.165, 1.54) is 51.6 Å². The molecule has 4 N–H and O–H groups in total. The fourth-order valence-corrected chi connectivity index (χ4v) is 11.3. The van der Waals surface area contributed by atoms with Gasteiger partial charge in [0.1, 0.15) is 42.5 Å². The normalized spacial score (nSPS) is 13.8. The summed E-state index contributed by atoms with van der Waals surface area (Å²) in [6, 6.07) is 11.9. The molecular weight excluding hydrogens is 1780 g/mol. The zero-order chi connectivity index (χ0) is 110.